The molecular formula is C15H23ClFN. The van der Waals surface area contributed by atoms with Crippen LogP contribution in [-0.4, -0.2) is 5.54 Å². The second-order valence-corrected chi connectivity index (χ2v) is 7.19. The molecule has 0 unspecified atom stereocenters. The van der Waals surface area contributed by atoms with Gasteiger partial charge in [0, 0.05) is 17.1 Å². The Bertz CT molecular complexity index is 387. The zero-order chi connectivity index (χ0) is 14.0. The Kier molecular flexibility index (Phi) is 4.79. The van der Waals surface area contributed by atoms with Crippen molar-refractivity contribution in [1.82, 2.24) is 5.32 Å². The highest BCUT2D eigenvalue weighted by molar-refractivity contribution is 6.30. The zero-order valence-corrected chi connectivity index (χ0v) is 12.7. The average Bonchev–Trinajstić information content (AvgIpc) is 2.09. The lowest BCUT2D eigenvalue weighted by Crippen LogP contribution is -2.41. The van der Waals surface area contributed by atoms with E-state index in [2.05, 4.69) is 39.9 Å². The van der Waals surface area contributed by atoms with E-state index < -0.39 is 0 Å². The summed E-state index contributed by atoms with van der Waals surface area (Å²) >= 11 is 5.84. The fourth-order valence-electron chi connectivity index (χ4n) is 2.44. The Labute approximate surface area is 115 Å². The molecule has 1 aromatic carbocycles. The van der Waals surface area contributed by atoms with Gasteiger partial charge in [-0.15, -0.1) is 0 Å². The quantitative estimate of drug-likeness (QED) is 0.831. The summed E-state index contributed by atoms with van der Waals surface area (Å²) in [4.78, 5) is 0. The molecule has 0 aliphatic carbocycles. The highest BCUT2D eigenvalue weighted by Gasteiger charge is 2.24. The van der Waals surface area contributed by atoms with Crippen LogP contribution in [0.1, 0.15) is 46.6 Å². The maximum absolute atomic E-state index is 13.2. The van der Waals surface area contributed by atoms with Gasteiger partial charge < -0.3 is 5.32 Å². The summed E-state index contributed by atoms with van der Waals surface area (Å²) in [7, 11) is 0. The lowest BCUT2D eigenvalue weighted by Gasteiger charge is -2.33. The van der Waals surface area contributed by atoms with E-state index in [1.54, 1.807) is 6.07 Å². The molecule has 0 radical (unpaired) electrons. The van der Waals surface area contributed by atoms with Gasteiger partial charge in [-0.1, -0.05) is 32.4 Å². The van der Waals surface area contributed by atoms with Gasteiger partial charge in [-0.25, -0.2) is 4.39 Å². The van der Waals surface area contributed by atoms with Gasteiger partial charge >= 0.3 is 0 Å². The van der Waals surface area contributed by atoms with Crippen LogP contribution in [0, 0.1) is 11.2 Å². The SMILES string of the molecule is CC(C)(C)CC(C)(C)NCc1cc(F)cc(Cl)c1. The number of nitrogens with one attached hydrogen (secondary N) is 1. The Hall–Kier alpha value is -0.600. The van der Waals surface area contributed by atoms with Crippen LogP contribution in [0.3, 0.4) is 0 Å². The van der Waals surface area contributed by atoms with E-state index in [0.717, 1.165) is 12.0 Å². The van der Waals surface area contributed by atoms with Crippen LogP contribution in [0.15, 0.2) is 18.2 Å². The van der Waals surface area contributed by atoms with Crippen LogP contribution in [0.4, 0.5) is 4.39 Å². The highest BCUT2D eigenvalue weighted by Crippen LogP contribution is 2.27. The minimum absolute atomic E-state index is 0.0110. The first-order valence-electron chi connectivity index (χ1n) is 6.27. The number of hydrogen-bond donors (Lipinski definition) is 1. The molecule has 1 aromatic rings. The van der Waals surface area contributed by atoms with Crippen molar-refractivity contribution in [1.29, 1.82) is 0 Å². The molecule has 1 N–H and O–H groups in total. The largest absolute Gasteiger partial charge is 0.308 e. The van der Waals surface area contributed by atoms with E-state index in [9.17, 15) is 4.39 Å². The first kappa shape index (κ1) is 15.5. The summed E-state index contributed by atoms with van der Waals surface area (Å²) in [5.41, 5.74) is 1.15. The molecule has 3 heteroatoms. The number of halogens is 2. The van der Waals surface area contributed by atoms with Crippen molar-refractivity contribution in [2.75, 3.05) is 0 Å². The standard InChI is InChI=1S/C15H23ClFN/c1-14(2,3)10-15(4,5)18-9-11-6-12(16)8-13(17)7-11/h6-8,18H,9-10H2,1-5H3. The molecule has 0 aliphatic heterocycles. The van der Waals surface area contributed by atoms with E-state index in [0.29, 0.717) is 11.6 Å². The Balaban J connectivity index is 2.64. The van der Waals surface area contributed by atoms with Gasteiger partial charge in [-0.3, -0.25) is 0 Å². The molecule has 18 heavy (non-hydrogen) atoms. The molecule has 0 aliphatic rings. The van der Waals surface area contributed by atoms with Crippen molar-refractivity contribution in [3.05, 3.63) is 34.6 Å². The number of hydrogen-bond acceptors (Lipinski definition) is 1. The van der Waals surface area contributed by atoms with Crippen LogP contribution in [0.5, 0.6) is 0 Å². The molecule has 1 rings (SSSR count). The van der Waals surface area contributed by atoms with E-state index in [1.807, 2.05) is 0 Å². The molecule has 0 saturated heterocycles. The van der Waals surface area contributed by atoms with Gasteiger partial charge in [0.05, 0.1) is 0 Å². The highest BCUT2D eigenvalue weighted by atomic mass is 35.5. The fraction of sp³-hybridized carbons (Fsp3) is 0.600. The summed E-state index contributed by atoms with van der Waals surface area (Å²) in [5.74, 6) is -0.284. The van der Waals surface area contributed by atoms with Crippen LogP contribution >= 0.6 is 11.6 Å². The molecule has 102 valence electrons. The third kappa shape index (κ3) is 5.83. The minimum Gasteiger partial charge on any atom is -0.308 e. The van der Waals surface area contributed by atoms with Crippen molar-refractivity contribution in [2.45, 2.75) is 53.1 Å². The lowest BCUT2D eigenvalue weighted by atomic mass is 9.82. The van der Waals surface area contributed by atoms with E-state index >= 15 is 0 Å². The smallest absolute Gasteiger partial charge is 0.125 e. The second-order valence-electron chi connectivity index (χ2n) is 6.75. The van der Waals surface area contributed by atoms with Crippen LogP contribution < -0.4 is 5.32 Å². The topological polar surface area (TPSA) is 12.0 Å². The summed E-state index contributed by atoms with van der Waals surface area (Å²) in [6.07, 6.45) is 1.04. The summed E-state index contributed by atoms with van der Waals surface area (Å²) in [6.45, 7) is 11.6. The van der Waals surface area contributed by atoms with Crippen LogP contribution in [0.2, 0.25) is 5.02 Å². The molecule has 0 heterocycles. The van der Waals surface area contributed by atoms with E-state index in [-0.39, 0.29) is 16.8 Å². The predicted molar refractivity (Wildman–Crippen MR) is 76.4 cm³/mol. The normalized spacial score (nSPS) is 12.8. The van der Waals surface area contributed by atoms with E-state index in [1.165, 1.54) is 12.1 Å². The molecule has 0 atom stereocenters. The van der Waals surface area contributed by atoms with Crippen molar-refractivity contribution in [3.63, 3.8) is 0 Å². The Morgan fingerprint density at radius 2 is 1.72 bits per heavy atom. The maximum atomic E-state index is 13.2. The molecule has 0 aromatic heterocycles. The van der Waals surface area contributed by atoms with Crippen molar-refractivity contribution < 1.29 is 4.39 Å². The van der Waals surface area contributed by atoms with Gasteiger partial charge in [-0.05, 0) is 49.4 Å². The van der Waals surface area contributed by atoms with Gasteiger partial charge in [0.2, 0.25) is 0 Å². The summed E-state index contributed by atoms with van der Waals surface area (Å²) in [6, 6.07) is 4.64. The maximum Gasteiger partial charge on any atom is 0.125 e. The second kappa shape index (κ2) is 5.58. The molecule has 0 saturated carbocycles. The number of rotatable bonds is 4. The van der Waals surface area contributed by atoms with Gasteiger partial charge in [-0.2, -0.15) is 0 Å². The third-order valence-corrected chi connectivity index (χ3v) is 2.88. The van der Waals surface area contributed by atoms with E-state index in [4.69, 9.17) is 11.6 Å². The molecule has 1 nitrogen and oxygen atoms in total. The fourth-order valence-corrected chi connectivity index (χ4v) is 2.69. The van der Waals surface area contributed by atoms with Gasteiger partial charge in [0.15, 0.2) is 0 Å². The van der Waals surface area contributed by atoms with Crippen LogP contribution in [0.25, 0.3) is 0 Å². The van der Waals surface area contributed by atoms with Crippen molar-refractivity contribution >= 4 is 11.6 Å². The van der Waals surface area contributed by atoms with Gasteiger partial charge in [0.25, 0.3) is 0 Å². The zero-order valence-electron chi connectivity index (χ0n) is 11.9. The Morgan fingerprint density at radius 3 is 2.22 bits per heavy atom. The third-order valence-electron chi connectivity index (χ3n) is 2.67. The average molecular weight is 272 g/mol. The predicted octanol–water partition coefficient (Wildman–Crippen LogP) is 4.78. The summed E-state index contributed by atoms with van der Waals surface area (Å²) < 4.78 is 13.2. The van der Waals surface area contributed by atoms with Crippen molar-refractivity contribution in [2.24, 2.45) is 5.41 Å². The van der Waals surface area contributed by atoms with Crippen LogP contribution in [-0.2, 0) is 6.54 Å². The van der Waals surface area contributed by atoms with Crippen molar-refractivity contribution in [3.8, 4) is 0 Å². The Morgan fingerprint density at radius 1 is 1.11 bits per heavy atom. The number of benzene rings is 1. The molecule has 0 amide bonds. The molecule has 0 spiro atoms. The monoisotopic (exact) mass is 271 g/mol. The minimum atomic E-state index is -0.284. The summed E-state index contributed by atoms with van der Waals surface area (Å²) in [5, 5.41) is 3.91. The first-order chi connectivity index (χ1) is 8.07. The molecule has 0 bridgehead atoms. The molecular weight excluding hydrogens is 249 g/mol. The molecule has 0 fully saturated rings. The lowest BCUT2D eigenvalue weighted by molar-refractivity contribution is 0.240. The van der Waals surface area contributed by atoms with Gasteiger partial charge in [0.1, 0.15) is 5.82 Å². The first-order valence-corrected chi connectivity index (χ1v) is 6.65.